The highest BCUT2D eigenvalue weighted by Crippen LogP contribution is 2.33. The predicted octanol–water partition coefficient (Wildman–Crippen LogP) is 3.85. The molecule has 2 aromatic heterocycles. The number of thiazole rings is 1. The summed E-state index contributed by atoms with van der Waals surface area (Å²) in [6.07, 6.45) is 1.86. The minimum atomic E-state index is -0.258. The van der Waals surface area contributed by atoms with Crippen molar-refractivity contribution >= 4 is 22.7 Å². The number of thiophene rings is 1. The first-order valence-electron chi connectivity index (χ1n) is 5.48. The van der Waals surface area contributed by atoms with Crippen molar-refractivity contribution in [2.75, 3.05) is 0 Å². The van der Waals surface area contributed by atoms with Gasteiger partial charge in [0.25, 0.3) is 0 Å². The third-order valence-corrected chi connectivity index (χ3v) is 4.89. The Morgan fingerprint density at radius 3 is 2.62 bits per heavy atom. The molecule has 2 aromatic rings. The molecular weight excluding hydrogens is 236 g/mol. The van der Waals surface area contributed by atoms with Crippen LogP contribution < -0.4 is 5.73 Å². The molecule has 2 heterocycles. The van der Waals surface area contributed by atoms with Crippen molar-refractivity contribution in [2.24, 2.45) is 5.73 Å². The summed E-state index contributed by atoms with van der Waals surface area (Å²) >= 11 is 3.41. The van der Waals surface area contributed by atoms with Gasteiger partial charge in [0.1, 0.15) is 5.01 Å². The summed E-state index contributed by atoms with van der Waals surface area (Å²) in [7, 11) is 0. The van der Waals surface area contributed by atoms with E-state index < -0.39 is 0 Å². The molecule has 0 aliphatic carbocycles. The Labute approximate surface area is 104 Å². The van der Waals surface area contributed by atoms with Crippen molar-refractivity contribution in [2.45, 2.75) is 32.2 Å². The van der Waals surface area contributed by atoms with Crippen molar-refractivity contribution in [3.05, 3.63) is 28.6 Å². The van der Waals surface area contributed by atoms with Crippen molar-refractivity contribution in [1.29, 1.82) is 0 Å². The van der Waals surface area contributed by atoms with Crippen LogP contribution in [0.25, 0.3) is 9.88 Å². The van der Waals surface area contributed by atoms with Crippen LogP contribution in [0.3, 0.4) is 0 Å². The number of hydrogen-bond donors (Lipinski definition) is 1. The van der Waals surface area contributed by atoms with E-state index in [0.29, 0.717) is 0 Å². The maximum absolute atomic E-state index is 6.33. The number of nitrogens with two attached hydrogens (primary N) is 1. The molecule has 4 heteroatoms. The van der Waals surface area contributed by atoms with Gasteiger partial charge in [-0.15, -0.1) is 22.7 Å². The Hall–Kier alpha value is -0.710. The molecule has 0 unspecified atom stereocenters. The average Bonchev–Trinajstić information content (AvgIpc) is 2.97. The fourth-order valence-corrected chi connectivity index (χ4v) is 3.37. The van der Waals surface area contributed by atoms with Crippen LogP contribution in [0.15, 0.2) is 22.9 Å². The van der Waals surface area contributed by atoms with E-state index in [9.17, 15) is 0 Å². The molecule has 0 saturated carbocycles. The summed E-state index contributed by atoms with van der Waals surface area (Å²) in [6, 6.07) is 4.15. The molecule has 2 N–H and O–H groups in total. The summed E-state index contributed by atoms with van der Waals surface area (Å²) < 4.78 is 0. The van der Waals surface area contributed by atoms with Crippen LogP contribution in [0.4, 0.5) is 0 Å². The standard InChI is InChI=1S/C12H16N2S2/c1-3-12(13,4-2)10-8-16-11(14-10)9-6-5-7-15-9/h5-8H,3-4,13H2,1-2H3. The second-order valence-electron chi connectivity index (χ2n) is 3.88. The first-order valence-corrected chi connectivity index (χ1v) is 7.24. The lowest BCUT2D eigenvalue weighted by atomic mass is 9.91. The van der Waals surface area contributed by atoms with Crippen molar-refractivity contribution in [3.8, 4) is 9.88 Å². The highest BCUT2D eigenvalue weighted by atomic mass is 32.1. The summed E-state index contributed by atoms with van der Waals surface area (Å²) in [5, 5.41) is 5.26. The summed E-state index contributed by atoms with van der Waals surface area (Å²) in [5.41, 5.74) is 7.11. The zero-order valence-corrected chi connectivity index (χ0v) is 11.2. The molecular formula is C12H16N2S2. The fraction of sp³-hybridized carbons (Fsp3) is 0.417. The number of hydrogen-bond acceptors (Lipinski definition) is 4. The van der Waals surface area contributed by atoms with Crippen LogP contribution in [0.2, 0.25) is 0 Å². The Kier molecular flexibility index (Phi) is 3.42. The van der Waals surface area contributed by atoms with Gasteiger partial charge in [-0.1, -0.05) is 19.9 Å². The Bertz CT molecular complexity index is 441. The zero-order valence-electron chi connectivity index (χ0n) is 9.56. The highest BCUT2D eigenvalue weighted by molar-refractivity contribution is 7.20. The lowest BCUT2D eigenvalue weighted by Gasteiger charge is -2.24. The molecule has 86 valence electrons. The minimum absolute atomic E-state index is 0.258. The quantitative estimate of drug-likeness (QED) is 0.897. The monoisotopic (exact) mass is 252 g/mol. The fourth-order valence-electron chi connectivity index (χ4n) is 1.63. The molecule has 2 rings (SSSR count). The van der Waals surface area contributed by atoms with Gasteiger partial charge in [0.05, 0.1) is 16.1 Å². The van der Waals surface area contributed by atoms with Gasteiger partial charge < -0.3 is 5.73 Å². The van der Waals surface area contributed by atoms with E-state index in [1.807, 2.05) is 0 Å². The number of rotatable bonds is 4. The molecule has 0 bridgehead atoms. The van der Waals surface area contributed by atoms with E-state index in [1.165, 1.54) is 4.88 Å². The van der Waals surface area contributed by atoms with E-state index in [-0.39, 0.29) is 5.54 Å². The molecule has 0 amide bonds. The molecule has 0 spiro atoms. The molecule has 2 nitrogen and oxygen atoms in total. The van der Waals surface area contributed by atoms with Crippen LogP contribution in [0.5, 0.6) is 0 Å². The Balaban J connectivity index is 2.33. The predicted molar refractivity (Wildman–Crippen MR) is 71.9 cm³/mol. The molecule has 0 fully saturated rings. The van der Waals surface area contributed by atoms with Gasteiger partial charge in [-0.2, -0.15) is 0 Å². The molecule has 0 atom stereocenters. The van der Waals surface area contributed by atoms with Crippen LogP contribution in [0, 0.1) is 0 Å². The van der Waals surface area contributed by atoms with E-state index >= 15 is 0 Å². The lowest BCUT2D eigenvalue weighted by molar-refractivity contribution is 0.403. The maximum Gasteiger partial charge on any atom is 0.133 e. The first kappa shape index (κ1) is 11.8. The minimum Gasteiger partial charge on any atom is -0.320 e. The van der Waals surface area contributed by atoms with Gasteiger partial charge in [0.2, 0.25) is 0 Å². The Morgan fingerprint density at radius 1 is 1.31 bits per heavy atom. The second kappa shape index (κ2) is 4.65. The van der Waals surface area contributed by atoms with Crippen LogP contribution in [-0.4, -0.2) is 4.98 Å². The SMILES string of the molecule is CCC(N)(CC)c1csc(-c2cccs2)n1. The van der Waals surface area contributed by atoms with Gasteiger partial charge in [-0.3, -0.25) is 0 Å². The molecule has 0 aliphatic rings. The third-order valence-electron chi connectivity index (χ3n) is 3.01. The van der Waals surface area contributed by atoms with Gasteiger partial charge in [0, 0.05) is 5.38 Å². The number of aromatic nitrogens is 1. The van der Waals surface area contributed by atoms with Crippen LogP contribution in [-0.2, 0) is 5.54 Å². The molecule has 0 aliphatic heterocycles. The van der Waals surface area contributed by atoms with Gasteiger partial charge in [-0.25, -0.2) is 4.98 Å². The zero-order chi connectivity index (χ0) is 11.6. The van der Waals surface area contributed by atoms with Crippen LogP contribution in [0.1, 0.15) is 32.4 Å². The average molecular weight is 252 g/mol. The number of nitrogens with zero attached hydrogens (tertiary/aromatic N) is 1. The highest BCUT2D eigenvalue weighted by Gasteiger charge is 2.26. The van der Waals surface area contributed by atoms with Crippen molar-refractivity contribution in [3.63, 3.8) is 0 Å². The van der Waals surface area contributed by atoms with Crippen molar-refractivity contribution < 1.29 is 0 Å². The van der Waals surface area contributed by atoms with Gasteiger partial charge >= 0.3 is 0 Å². The van der Waals surface area contributed by atoms with E-state index in [4.69, 9.17) is 5.73 Å². The first-order chi connectivity index (χ1) is 7.69. The van der Waals surface area contributed by atoms with Gasteiger partial charge in [0.15, 0.2) is 0 Å². The van der Waals surface area contributed by atoms with Crippen molar-refractivity contribution in [1.82, 2.24) is 4.98 Å². The normalized spacial score (nSPS) is 11.9. The lowest BCUT2D eigenvalue weighted by Crippen LogP contribution is -2.35. The molecule has 0 radical (unpaired) electrons. The summed E-state index contributed by atoms with van der Waals surface area (Å²) in [5.74, 6) is 0. The molecule has 16 heavy (non-hydrogen) atoms. The van der Waals surface area contributed by atoms with E-state index in [1.54, 1.807) is 22.7 Å². The Morgan fingerprint density at radius 2 is 2.06 bits per heavy atom. The van der Waals surface area contributed by atoms with Crippen LogP contribution >= 0.6 is 22.7 Å². The van der Waals surface area contributed by atoms with E-state index in [0.717, 1.165) is 23.5 Å². The largest absolute Gasteiger partial charge is 0.320 e. The molecule has 0 aromatic carbocycles. The molecule has 0 saturated heterocycles. The van der Waals surface area contributed by atoms with Gasteiger partial charge in [-0.05, 0) is 24.3 Å². The second-order valence-corrected chi connectivity index (χ2v) is 5.68. The van der Waals surface area contributed by atoms with E-state index in [2.05, 4.69) is 41.7 Å². The topological polar surface area (TPSA) is 38.9 Å². The summed E-state index contributed by atoms with van der Waals surface area (Å²) in [6.45, 7) is 4.24. The summed E-state index contributed by atoms with van der Waals surface area (Å²) in [4.78, 5) is 5.90. The smallest absolute Gasteiger partial charge is 0.133 e. The maximum atomic E-state index is 6.33. The third kappa shape index (κ3) is 2.05.